The van der Waals surface area contributed by atoms with E-state index < -0.39 is 17.6 Å². The number of para-hydroxylation sites is 2. The smallest absolute Gasteiger partial charge is 0.192 e. The van der Waals surface area contributed by atoms with Crippen LogP contribution in [0.3, 0.4) is 0 Å². The highest BCUT2D eigenvalue weighted by atomic mass is 16.5. The number of fused-ring (bicyclic) bond motifs is 4. The van der Waals surface area contributed by atoms with Gasteiger partial charge in [-0.1, -0.05) is 38.1 Å². The van der Waals surface area contributed by atoms with Gasteiger partial charge in [0.1, 0.15) is 12.2 Å². The molecule has 0 N–H and O–H groups in total. The van der Waals surface area contributed by atoms with Crippen LogP contribution in [0.1, 0.15) is 52.7 Å². The Morgan fingerprint density at radius 3 is 1.58 bits per heavy atom. The van der Waals surface area contributed by atoms with Gasteiger partial charge >= 0.3 is 0 Å². The molecule has 0 saturated heterocycles. The van der Waals surface area contributed by atoms with E-state index in [-0.39, 0.29) is 18.0 Å². The van der Waals surface area contributed by atoms with Gasteiger partial charge in [0.05, 0.1) is 12.2 Å². The number of carbonyl (C=O) groups is 1. The predicted octanol–water partition coefficient (Wildman–Crippen LogP) is 5.86. The molecule has 2 aliphatic heterocycles. The third kappa shape index (κ3) is 3.50. The van der Waals surface area contributed by atoms with Gasteiger partial charge in [0.25, 0.3) is 0 Å². The normalized spacial score (nSPS) is 22.1. The number of Topliss-reactive ketones (excluding diaryl/α,β-unsaturated/α-hetero) is 1. The molecule has 5 heteroatoms. The maximum atomic E-state index is 13.7. The molecule has 0 amide bonds. The van der Waals surface area contributed by atoms with E-state index >= 15 is 0 Å². The lowest BCUT2D eigenvalue weighted by atomic mass is 9.65. The lowest BCUT2D eigenvalue weighted by Gasteiger charge is -2.48. The Kier molecular flexibility index (Phi) is 5.04. The van der Waals surface area contributed by atoms with Gasteiger partial charge in [0.2, 0.25) is 0 Å². The Morgan fingerprint density at radius 2 is 1.18 bits per heavy atom. The molecule has 0 bridgehead atoms. The number of benzene rings is 2. The molecule has 2 aromatic rings. The lowest BCUT2D eigenvalue weighted by Crippen LogP contribution is -2.56. The molecular formula is C28H30O5. The number of hydrogen-bond acceptors (Lipinski definition) is 5. The summed E-state index contributed by atoms with van der Waals surface area (Å²) >= 11 is 0. The fourth-order valence-corrected chi connectivity index (χ4v) is 4.87. The van der Waals surface area contributed by atoms with Crippen molar-refractivity contribution in [1.29, 1.82) is 0 Å². The van der Waals surface area contributed by atoms with Crippen LogP contribution in [0.2, 0.25) is 0 Å². The minimum Gasteiger partial charge on any atom is -0.487 e. The topological polar surface area (TPSA) is 54.0 Å². The summed E-state index contributed by atoms with van der Waals surface area (Å²) in [5, 5.41) is 0. The monoisotopic (exact) mass is 446 g/mol. The van der Waals surface area contributed by atoms with Crippen molar-refractivity contribution in [2.45, 2.75) is 66.0 Å². The maximum absolute atomic E-state index is 13.7. The Balaban J connectivity index is 1.61. The summed E-state index contributed by atoms with van der Waals surface area (Å²) in [4.78, 5) is 13.7. The van der Waals surface area contributed by atoms with E-state index in [0.717, 1.165) is 11.1 Å². The van der Waals surface area contributed by atoms with Gasteiger partial charge in [0, 0.05) is 27.7 Å². The van der Waals surface area contributed by atoms with Gasteiger partial charge in [-0.3, -0.25) is 4.79 Å². The molecule has 0 radical (unpaired) electrons. The molecule has 3 aliphatic rings. The van der Waals surface area contributed by atoms with Crippen LogP contribution in [-0.4, -0.2) is 30.2 Å². The maximum Gasteiger partial charge on any atom is 0.192 e. The number of ketones is 1. The zero-order valence-corrected chi connectivity index (χ0v) is 20.0. The van der Waals surface area contributed by atoms with Crippen LogP contribution in [0, 0.1) is 5.41 Å². The van der Waals surface area contributed by atoms with Crippen molar-refractivity contribution in [2.75, 3.05) is 0 Å². The fraction of sp³-hybridized carbons (Fsp3) is 0.393. The van der Waals surface area contributed by atoms with Crippen LogP contribution >= 0.6 is 0 Å². The second-order valence-electron chi connectivity index (χ2n) is 10.0. The summed E-state index contributed by atoms with van der Waals surface area (Å²) in [6.07, 6.45) is 3.00. The van der Waals surface area contributed by atoms with Gasteiger partial charge < -0.3 is 18.9 Å². The van der Waals surface area contributed by atoms with Crippen LogP contribution in [-0.2, 0) is 4.79 Å². The van der Waals surface area contributed by atoms with Gasteiger partial charge in [-0.15, -0.1) is 0 Å². The highest BCUT2D eigenvalue weighted by molar-refractivity contribution is 6.17. The molecule has 2 aromatic carbocycles. The van der Waals surface area contributed by atoms with Crippen molar-refractivity contribution >= 4 is 17.9 Å². The molecule has 1 fully saturated rings. The first-order valence-corrected chi connectivity index (χ1v) is 11.6. The van der Waals surface area contributed by atoms with Gasteiger partial charge in [-0.25, -0.2) is 0 Å². The molecule has 1 saturated carbocycles. The first kappa shape index (κ1) is 21.6. The van der Waals surface area contributed by atoms with Gasteiger partial charge in [-0.05, 0) is 52.0 Å². The third-order valence-electron chi connectivity index (χ3n) is 6.28. The second-order valence-corrected chi connectivity index (χ2v) is 10.0. The Morgan fingerprint density at radius 1 is 0.758 bits per heavy atom. The number of hydrogen-bond donors (Lipinski definition) is 0. The van der Waals surface area contributed by atoms with E-state index in [9.17, 15) is 4.79 Å². The highest BCUT2D eigenvalue weighted by Gasteiger charge is 2.55. The molecule has 1 aliphatic carbocycles. The first-order chi connectivity index (χ1) is 15.7. The summed E-state index contributed by atoms with van der Waals surface area (Å²) in [6, 6.07) is 11.6. The molecule has 5 rings (SSSR count). The van der Waals surface area contributed by atoms with Gasteiger partial charge in [0.15, 0.2) is 28.8 Å². The van der Waals surface area contributed by atoms with Crippen molar-refractivity contribution in [3.05, 3.63) is 58.7 Å². The Hall–Kier alpha value is -3.21. The van der Waals surface area contributed by atoms with E-state index in [1.807, 2.05) is 76.2 Å². The lowest BCUT2D eigenvalue weighted by molar-refractivity contribution is -0.119. The van der Waals surface area contributed by atoms with Crippen molar-refractivity contribution < 1.29 is 23.7 Å². The van der Waals surface area contributed by atoms with E-state index in [0.29, 0.717) is 34.1 Å². The fourth-order valence-electron chi connectivity index (χ4n) is 4.87. The molecule has 2 atom stereocenters. The summed E-state index contributed by atoms with van der Waals surface area (Å²) in [7, 11) is 0. The number of carbonyl (C=O) groups excluding carboxylic acids is 1. The zero-order chi connectivity index (χ0) is 23.5. The third-order valence-corrected chi connectivity index (χ3v) is 6.28. The first-order valence-electron chi connectivity index (χ1n) is 11.6. The average Bonchev–Trinajstić information content (AvgIpc) is 2.76. The van der Waals surface area contributed by atoms with E-state index in [1.54, 1.807) is 0 Å². The SMILES string of the molecule is CC(C)Oc1cccc2c1O[C@@H]1C(=C2)C(=O)C2=Cc3cccc(OC(C)C)c3O[C@@H]2C1(C)C. The average molecular weight is 447 g/mol. The quantitative estimate of drug-likeness (QED) is 0.589. The van der Waals surface area contributed by atoms with Gasteiger partial charge in [-0.2, -0.15) is 0 Å². The summed E-state index contributed by atoms with van der Waals surface area (Å²) in [5.74, 6) is 2.68. The summed E-state index contributed by atoms with van der Waals surface area (Å²) in [5.41, 5.74) is 2.49. The second kappa shape index (κ2) is 7.68. The predicted molar refractivity (Wildman–Crippen MR) is 128 cm³/mol. The summed E-state index contributed by atoms with van der Waals surface area (Å²) < 4.78 is 25.1. The molecule has 172 valence electrons. The van der Waals surface area contributed by atoms with Crippen LogP contribution in [0.15, 0.2) is 47.5 Å². The largest absolute Gasteiger partial charge is 0.487 e. The van der Waals surface area contributed by atoms with Crippen molar-refractivity contribution in [3.63, 3.8) is 0 Å². The van der Waals surface area contributed by atoms with Crippen LogP contribution in [0.25, 0.3) is 12.2 Å². The van der Waals surface area contributed by atoms with E-state index in [4.69, 9.17) is 18.9 Å². The summed E-state index contributed by atoms with van der Waals surface area (Å²) in [6.45, 7) is 12.1. The van der Waals surface area contributed by atoms with Crippen LogP contribution in [0.5, 0.6) is 23.0 Å². The Labute approximate surface area is 195 Å². The molecule has 0 unspecified atom stereocenters. The molecule has 0 spiro atoms. The molecule has 5 nitrogen and oxygen atoms in total. The highest BCUT2D eigenvalue weighted by Crippen LogP contribution is 2.52. The van der Waals surface area contributed by atoms with Crippen molar-refractivity contribution in [1.82, 2.24) is 0 Å². The van der Waals surface area contributed by atoms with Crippen LogP contribution < -0.4 is 18.9 Å². The molecule has 2 heterocycles. The van der Waals surface area contributed by atoms with E-state index in [2.05, 4.69) is 13.8 Å². The van der Waals surface area contributed by atoms with E-state index in [1.165, 1.54) is 0 Å². The van der Waals surface area contributed by atoms with Crippen molar-refractivity contribution in [3.8, 4) is 23.0 Å². The molecular weight excluding hydrogens is 416 g/mol. The zero-order valence-electron chi connectivity index (χ0n) is 20.0. The minimum atomic E-state index is -0.517. The molecule has 0 aromatic heterocycles. The standard InChI is InChI=1S/C28H30O5/c1-15(2)30-21-11-7-9-17-13-19-23(29)20-14-18-10-8-12-22(31-16(3)4)25(18)33-27(20)28(5,6)26(19)32-24(17)21/h7-16,26-27H,1-6H3/t26-,27+. The number of rotatable bonds is 4. The minimum absolute atomic E-state index is 0.0126. The number of ether oxygens (including phenoxy) is 4. The molecule has 33 heavy (non-hydrogen) atoms. The Bertz CT molecular complexity index is 1100. The van der Waals surface area contributed by atoms with Crippen molar-refractivity contribution in [2.24, 2.45) is 5.41 Å². The van der Waals surface area contributed by atoms with Crippen LogP contribution in [0.4, 0.5) is 0 Å².